The van der Waals surface area contributed by atoms with Gasteiger partial charge in [0, 0.05) is 6.61 Å². The van der Waals surface area contributed by atoms with Crippen LogP contribution in [0.25, 0.3) is 6.08 Å². The largest absolute Gasteiger partial charge is 0.481 e. The lowest BCUT2D eigenvalue weighted by Gasteiger charge is -2.12. The number of aliphatic hydroxyl groups excluding tert-OH is 1. The molecule has 1 heterocycles. The molecule has 1 atom stereocenters. The minimum Gasteiger partial charge on any atom is -0.481 e. The molecule has 17 heavy (non-hydrogen) atoms. The molecule has 1 aromatic heterocycles. The van der Waals surface area contributed by atoms with E-state index in [-0.39, 0.29) is 12.0 Å². The molecule has 0 saturated carbocycles. The van der Waals surface area contributed by atoms with Crippen LogP contribution in [0.2, 0.25) is 0 Å². The third-order valence-corrected chi connectivity index (χ3v) is 2.09. The summed E-state index contributed by atoms with van der Waals surface area (Å²) in [5.74, 6) is 0.188. The quantitative estimate of drug-likeness (QED) is 0.741. The first-order chi connectivity index (χ1) is 8.02. The second-order valence-electron chi connectivity index (χ2n) is 3.55. The summed E-state index contributed by atoms with van der Waals surface area (Å²) in [5.41, 5.74) is 0.258. The van der Waals surface area contributed by atoms with Crippen LogP contribution in [0, 0.1) is 6.92 Å². The van der Waals surface area contributed by atoms with Gasteiger partial charge in [-0.05, 0) is 37.6 Å². The third kappa shape index (κ3) is 4.42. The number of carboxylic acid groups (broad SMARTS) is 1. The molecule has 0 radical (unpaired) electrons. The van der Waals surface area contributed by atoms with Crippen molar-refractivity contribution in [2.75, 3.05) is 6.61 Å². The Labute approximate surface area is 99.3 Å². The van der Waals surface area contributed by atoms with Crippen LogP contribution in [0.15, 0.2) is 22.1 Å². The summed E-state index contributed by atoms with van der Waals surface area (Å²) < 4.78 is 10.3. The highest BCUT2D eigenvalue weighted by Gasteiger charge is 2.15. The molecular weight excluding hydrogens is 224 g/mol. The van der Waals surface area contributed by atoms with E-state index in [1.165, 1.54) is 6.08 Å². The van der Waals surface area contributed by atoms with E-state index in [9.17, 15) is 9.90 Å². The molecule has 0 aliphatic carbocycles. The van der Waals surface area contributed by atoms with Gasteiger partial charge in [0.05, 0.1) is 6.42 Å². The Morgan fingerprint density at radius 3 is 2.76 bits per heavy atom. The molecule has 1 rings (SSSR count). The van der Waals surface area contributed by atoms with Crippen molar-refractivity contribution >= 4 is 12.0 Å². The fourth-order valence-electron chi connectivity index (χ4n) is 1.36. The maximum absolute atomic E-state index is 10.7. The normalized spacial score (nSPS) is 13.7. The predicted molar refractivity (Wildman–Crippen MR) is 61.3 cm³/mol. The maximum atomic E-state index is 10.7. The highest BCUT2D eigenvalue weighted by Crippen LogP contribution is 2.16. The first kappa shape index (κ1) is 13.5. The summed E-state index contributed by atoms with van der Waals surface area (Å²) in [4.78, 5) is 10.7. The maximum Gasteiger partial charge on any atom is 0.307 e. The van der Waals surface area contributed by atoms with Gasteiger partial charge in [-0.25, -0.2) is 0 Å². The van der Waals surface area contributed by atoms with Crippen LogP contribution < -0.4 is 0 Å². The number of aliphatic hydroxyl groups is 1. The van der Waals surface area contributed by atoms with E-state index in [1.807, 2.05) is 0 Å². The van der Waals surface area contributed by atoms with Crippen molar-refractivity contribution in [2.24, 2.45) is 0 Å². The Morgan fingerprint density at radius 2 is 2.29 bits per heavy atom. The molecule has 5 heteroatoms. The Hall–Kier alpha value is -1.59. The highest BCUT2D eigenvalue weighted by molar-refractivity contribution is 5.72. The van der Waals surface area contributed by atoms with Crippen molar-refractivity contribution in [3.05, 3.63) is 29.2 Å². The van der Waals surface area contributed by atoms with Crippen LogP contribution in [0.4, 0.5) is 0 Å². The number of aliphatic carboxylic acids is 1. The van der Waals surface area contributed by atoms with Crippen molar-refractivity contribution < 1.29 is 24.2 Å². The number of aryl methyl sites for hydroxylation is 1. The van der Waals surface area contributed by atoms with Gasteiger partial charge in [0.1, 0.15) is 11.5 Å². The molecule has 0 saturated heterocycles. The summed E-state index contributed by atoms with van der Waals surface area (Å²) in [6.07, 6.45) is -0.0240. The average molecular weight is 240 g/mol. The predicted octanol–water partition coefficient (Wildman–Crippen LogP) is 1.80. The fraction of sp³-hybridized carbons (Fsp3) is 0.417. The van der Waals surface area contributed by atoms with Gasteiger partial charge < -0.3 is 19.4 Å². The SMILES string of the molecule is CCOC(O)C(=Cc1ccc(C)o1)CC(=O)O. The van der Waals surface area contributed by atoms with E-state index in [0.29, 0.717) is 12.4 Å². The standard InChI is InChI=1S/C12H16O5/c1-3-16-12(15)9(7-11(13)14)6-10-5-4-8(2)17-10/h4-6,12,15H,3,7H2,1-2H3,(H,13,14). The van der Waals surface area contributed by atoms with Gasteiger partial charge in [0.15, 0.2) is 6.29 Å². The number of carboxylic acids is 1. The number of carbonyl (C=O) groups is 1. The van der Waals surface area contributed by atoms with Crippen LogP contribution in [0.5, 0.6) is 0 Å². The highest BCUT2D eigenvalue weighted by atomic mass is 16.6. The summed E-state index contributed by atoms with van der Waals surface area (Å²) in [6, 6.07) is 3.47. The number of ether oxygens (including phenoxy) is 1. The lowest BCUT2D eigenvalue weighted by atomic mass is 10.1. The van der Waals surface area contributed by atoms with Crippen molar-refractivity contribution in [1.82, 2.24) is 0 Å². The van der Waals surface area contributed by atoms with Gasteiger partial charge in [-0.2, -0.15) is 0 Å². The van der Waals surface area contributed by atoms with Crippen molar-refractivity contribution in [2.45, 2.75) is 26.6 Å². The molecule has 2 N–H and O–H groups in total. The molecule has 5 nitrogen and oxygen atoms in total. The van der Waals surface area contributed by atoms with Crippen LogP contribution in [0.1, 0.15) is 24.9 Å². The molecular formula is C12H16O5. The van der Waals surface area contributed by atoms with E-state index in [0.717, 1.165) is 5.76 Å². The van der Waals surface area contributed by atoms with Gasteiger partial charge in [-0.15, -0.1) is 0 Å². The lowest BCUT2D eigenvalue weighted by Crippen LogP contribution is -2.17. The molecule has 0 spiro atoms. The topological polar surface area (TPSA) is 79.9 Å². The van der Waals surface area contributed by atoms with Crippen molar-refractivity contribution in [3.8, 4) is 0 Å². The monoisotopic (exact) mass is 240 g/mol. The molecule has 0 bridgehead atoms. The van der Waals surface area contributed by atoms with Crippen LogP contribution in [-0.4, -0.2) is 29.1 Å². The minimum absolute atomic E-state index is 0.258. The second kappa shape index (κ2) is 6.22. The van der Waals surface area contributed by atoms with Crippen LogP contribution >= 0.6 is 0 Å². The van der Waals surface area contributed by atoms with Gasteiger partial charge in [0.25, 0.3) is 0 Å². The van der Waals surface area contributed by atoms with E-state index in [2.05, 4.69) is 0 Å². The first-order valence-electron chi connectivity index (χ1n) is 5.31. The van der Waals surface area contributed by atoms with Crippen molar-refractivity contribution in [1.29, 1.82) is 0 Å². The van der Waals surface area contributed by atoms with Crippen LogP contribution in [-0.2, 0) is 9.53 Å². The number of furan rings is 1. The molecule has 0 fully saturated rings. The number of rotatable bonds is 6. The zero-order valence-electron chi connectivity index (χ0n) is 9.84. The Morgan fingerprint density at radius 1 is 1.59 bits per heavy atom. The summed E-state index contributed by atoms with van der Waals surface area (Å²) in [6.45, 7) is 3.81. The number of hydrogen-bond donors (Lipinski definition) is 2. The van der Waals surface area contributed by atoms with Crippen LogP contribution in [0.3, 0.4) is 0 Å². The van der Waals surface area contributed by atoms with E-state index < -0.39 is 12.3 Å². The van der Waals surface area contributed by atoms with E-state index in [1.54, 1.807) is 26.0 Å². The molecule has 94 valence electrons. The Balaban J connectivity index is 2.88. The Bertz CT molecular complexity index is 405. The molecule has 1 aromatic rings. The summed E-state index contributed by atoms with van der Waals surface area (Å²) >= 11 is 0. The minimum atomic E-state index is -1.22. The fourth-order valence-corrected chi connectivity index (χ4v) is 1.36. The van der Waals surface area contributed by atoms with Gasteiger partial charge in [0.2, 0.25) is 0 Å². The molecule has 0 aromatic carbocycles. The van der Waals surface area contributed by atoms with E-state index in [4.69, 9.17) is 14.3 Å². The molecule has 0 amide bonds. The van der Waals surface area contributed by atoms with Gasteiger partial charge in [-0.1, -0.05) is 0 Å². The zero-order valence-corrected chi connectivity index (χ0v) is 9.84. The Kier molecular flexibility index (Phi) is 4.93. The summed E-state index contributed by atoms with van der Waals surface area (Å²) in [7, 11) is 0. The molecule has 1 unspecified atom stereocenters. The molecule has 0 aliphatic rings. The number of hydrogen-bond acceptors (Lipinski definition) is 4. The second-order valence-corrected chi connectivity index (χ2v) is 3.55. The van der Waals surface area contributed by atoms with Gasteiger partial charge >= 0.3 is 5.97 Å². The van der Waals surface area contributed by atoms with Gasteiger partial charge in [-0.3, -0.25) is 4.79 Å². The average Bonchev–Trinajstić information content (AvgIpc) is 2.63. The first-order valence-corrected chi connectivity index (χ1v) is 5.31. The van der Waals surface area contributed by atoms with E-state index >= 15 is 0 Å². The third-order valence-electron chi connectivity index (χ3n) is 2.09. The van der Waals surface area contributed by atoms with Crippen molar-refractivity contribution in [3.63, 3.8) is 0 Å². The lowest BCUT2D eigenvalue weighted by molar-refractivity contribution is -0.137. The summed E-state index contributed by atoms with van der Waals surface area (Å²) in [5, 5.41) is 18.4. The molecule has 0 aliphatic heterocycles. The smallest absolute Gasteiger partial charge is 0.307 e. The zero-order chi connectivity index (χ0) is 12.8.